The van der Waals surface area contributed by atoms with Gasteiger partial charge < -0.3 is 10.6 Å². The fourth-order valence-corrected chi connectivity index (χ4v) is 1.86. The second-order valence-electron chi connectivity index (χ2n) is 5.48. The minimum atomic E-state index is -2.39. The molecule has 0 radical (unpaired) electrons. The van der Waals surface area contributed by atoms with Gasteiger partial charge in [-0.1, -0.05) is 38.1 Å². The summed E-state index contributed by atoms with van der Waals surface area (Å²) in [7, 11) is 2.02. The molecule has 0 saturated carbocycles. The monoisotopic (exact) mass is 270 g/mol. The number of hydrogen-bond acceptors (Lipinski definition) is 2. The Kier molecular flexibility index (Phi) is 6.38. The zero-order valence-electron chi connectivity index (χ0n) is 11.9. The van der Waals surface area contributed by atoms with E-state index in [9.17, 15) is 8.78 Å². The van der Waals surface area contributed by atoms with Crippen molar-refractivity contribution in [2.75, 3.05) is 13.6 Å². The molecule has 0 aliphatic rings. The molecule has 1 atom stereocenters. The number of halogens is 2. The fourth-order valence-electron chi connectivity index (χ4n) is 1.86. The van der Waals surface area contributed by atoms with Crippen LogP contribution >= 0.6 is 0 Å². The van der Waals surface area contributed by atoms with Crippen molar-refractivity contribution in [1.29, 1.82) is 0 Å². The van der Waals surface area contributed by atoms with E-state index < -0.39 is 6.43 Å². The van der Waals surface area contributed by atoms with Crippen LogP contribution in [-0.4, -0.2) is 24.5 Å². The summed E-state index contributed by atoms with van der Waals surface area (Å²) in [4.78, 5) is 2.17. The van der Waals surface area contributed by atoms with Gasteiger partial charge in [-0.15, -0.1) is 0 Å². The van der Waals surface area contributed by atoms with Crippen molar-refractivity contribution in [2.45, 2.75) is 39.3 Å². The summed E-state index contributed by atoms with van der Waals surface area (Å²) in [5.74, 6) is 0.485. The highest BCUT2D eigenvalue weighted by atomic mass is 19.3. The van der Waals surface area contributed by atoms with Crippen LogP contribution in [0.5, 0.6) is 0 Å². The Morgan fingerprint density at radius 1 is 1.16 bits per heavy atom. The lowest BCUT2D eigenvalue weighted by Crippen LogP contribution is -2.31. The summed E-state index contributed by atoms with van der Waals surface area (Å²) < 4.78 is 24.8. The van der Waals surface area contributed by atoms with E-state index in [4.69, 9.17) is 5.73 Å². The second-order valence-corrected chi connectivity index (χ2v) is 5.48. The quantitative estimate of drug-likeness (QED) is 0.822. The lowest BCUT2D eigenvalue weighted by molar-refractivity contribution is 0.151. The van der Waals surface area contributed by atoms with Gasteiger partial charge in [0.1, 0.15) is 0 Å². The van der Waals surface area contributed by atoms with Crippen molar-refractivity contribution in [2.24, 2.45) is 11.7 Å². The fraction of sp³-hybridized carbons (Fsp3) is 0.600. The molecule has 2 N–H and O–H groups in total. The van der Waals surface area contributed by atoms with E-state index in [0.29, 0.717) is 5.92 Å². The maximum Gasteiger partial charge on any atom is 0.263 e. The van der Waals surface area contributed by atoms with Gasteiger partial charge in [0.15, 0.2) is 0 Å². The highest BCUT2D eigenvalue weighted by molar-refractivity contribution is 5.23. The van der Waals surface area contributed by atoms with Crippen LogP contribution in [0, 0.1) is 5.92 Å². The molecular weight excluding hydrogens is 246 g/mol. The molecule has 0 fully saturated rings. The lowest BCUT2D eigenvalue weighted by Gasteiger charge is -2.21. The van der Waals surface area contributed by atoms with Crippen molar-refractivity contribution >= 4 is 0 Å². The van der Waals surface area contributed by atoms with Gasteiger partial charge in [-0.25, -0.2) is 8.78 Å². The third kappa shape index (κ3) is 5.66. The van der Waals surface area contributed by atoms with E-state index in [0.717, 1.165) is 25.1 Å². The molecule has 0 aromatic heterocycles. The summed E-state index contributed by atoms with van der Waals surface area (Å²) in [5.41, 5.74) is 7.12. The molecule has 1 rings (SSSR count). The average molecular weight is 270 g/mol. The summed E-state index contributed by atoms with van der Waals surface area (Å²) in [6, 6.07) is 6.73. The third-order valence-electron chi connectivity index (χ3n) is 3.38. The van der Waals surface area contributed by atoms with Gasteiger partial charge in [-0.05, 0) is 31.5 Å². The molecule has 0 bridgehead atoms. The molecule has 0 spiro atoms. The van der Waals surface area contributed by atoms with E-state index >= 15 is 0 Å². The van der Waals surface area contributed by atoms with Gasteiger partial charge in [-0.3, -0.25) is 0 Å². The van der Waals surface area contributed by atoms with E-state index in [2.05, 4.69) is 18.7 Å². The summed E-state index contributed by atoms with van der Waals surface area (Å²) in [6.07, 6.45) is -1.45. The largest absolute Gasteiger partial charge is 0.327 e. The van der Waals surface area contributed by atoms with Gasteiger partial charge >= 0.3 is 0 Å². The summed E-state index contributed by atoms with van der Waals surface area (Å²) >= 11 is 0. The Balaban J connectivity index is 2.41. The number of nitrogens with two attached hydrogens (primary N) is 1. The average Bonchev–Trinajstić information content (AvgIpc) is 2.36. The Morgan fingerprint density at radius 3 is 2.21 bits per heavy atom. The standard InChI is InChI=1S/C15H24F2N2/c1-11(2)14(18)8-9-19(3)10-12-4-6-13(7-5-12)15(16)17/h4-7,11,14-15H,8-10,18H2,1-3H3. The normalized spacial score (nSPS) is 13.5. The van der Waals surface area contributed by atoms with Crippen molar-refractivity contribution in [3.05, 3.63) is 35.4 Å². The van der Waals surface area contributed by atoms with E-state index in [1.54, 1.807) is 12.1 Å². The first-order valence-corrected chi connectivity index (χ1v) is 6.71. The highest BCUT2D eigenvalue weighted by Gasteiger charge is 2.10. The summed E-state index contributed by atoms with van der Waals surface area (Å²) in [6.45, 7) is 5.91. The summed E-state index contributed by atoms with van der Waals surface area (Å²) in [5, 5.41) is 0. The van der Waals surface area contributed by atoms with Crippen molar-refractivity contribution < 1.29 is 8.78 Å². The Labute approximate surface area is 114 Å². The minimum absolute atomic E-state index is 0.0771. The van der Waals surface area contributed by atoms with Gasteiger partial charge in [0.05, 0.1) is 0 Å². The Morgan fingerprint density at radius 2 is 1.74 bits per heavy atom. The predicted octanol–water partition coefficient (Wildman–Crippen LogP) is 3.43. The smallest absolute Gasteiger partial charge is 0.263 e. The van der Waals surface area contributed by atoms with Crippen LogP contribution in [0.4, 0.5) is 8.78 Å². The van der Waals surface area contributed by atoms with Crippen molar-refractivity contribution in [3.8, 4) is 0 Å². The predicted molar refractivity (Wildman–Crippen MR) is 75.2 cm³/mol. The van der Waals surface area contributed by atoms with E-state index in [-0.39, 0.29) is 11.6 Å². The lowest BCUT2D eigenvalue weighted by atomic mass is 10.0. The van der Waals surface area contributed by atoms with Crippen LogP contribution in [0.3, 0.4) is 0 Å². The van der Waals surface area contributed by atoms with Gasteiger partial charge in [0.2, 0.25) is 0 Å². The van der Waals surface area contributed by atoms with Gasteiger partial charge in [0, 0.05) is 18.2 Å². The third-order valence-corrected chi connectivity index (χ3v) is 3.38. The molecule has 2 nitrogen and oxygen atoms in total. The van der Waals surface area contributed by atoms with Crippen molar-refractivity contribution in [1.82, 2.24) is 4.90 Å². The first-order valence-electron chi connectivity index (χ1n) is 6.71. The van der Waals surface area contributed by atoms with E-state index in [1.807, 2.05) is 7.05 Å². The SMILES string of the molecule is CC(C)C(N)CCN(C)Cc1ccc(C(F)F)cc1. The molecule has 1 aromatic carbocycles. The molecule has 0 aliphatic heterocycles. The number of hydrogen-bond donors (Lipinski definition) is 1. The van der Waals surface area contributed by atoms with Crippen LogP contribution in [0.25, 0.3) is 0 Å². The molecule has 1 unspecified atom stereocenters. The molecule has 1 aromatic rings. The second kappa shape index (κ2) is 7.56. The molecule has 0 saturated heterocycles. The molecule has 0 heterocycles. The molecule has 108 valence electrons. The zero-order valence-corrected chi connectivity index (χ0v) is 11.9. The van der Waals surface area contributed by atoms with Crippen LogP contribution < -0.4 is 5.73 Å². The van der Waals surface area contributed by atoms with Crippen LogP contribution in [0.1, 0.15) is 37.8 Å². The highest BCUT2D eigenvalue weighted by Crippen LogP contribution is 2.19. The van der Waals surface area contributed by atoms with E-state index in [1.165, 1.54) is 12.1 Å². The molecule has 0 aliphatic carbocycles. The maximum absolute atomic E-state index is 12.4. The Hall–Kier alpha value is -1.00. The number of alkyl halides is 2. The van der Waals surface area contributed by atoms with Gasteiger partial charge in [-0.2, -0.15) is 0 Å². The van der Waals surface area contributed by atoms with Crippen LogP contribution in [0.2, 0.25) is 0 Å². The zero-order chi connectivity index (χ0) is 14.4. The first-order chi connectivity index (χ1) is 8.90. The molecule has 0 amide bonds. The Bertz CT molecular complexity index is 363. The van der Waals surface area contributed by atoms with Crippen LogP contribution in [-0.2, 0) is 6.54 Å². The van der Waals surface area contributed by atoms with Crippen molar-refractivity contribution in [3.63, 3.8) is 0 Å². The molecular formula is C15H24F2N2. The topological polar surface area (TPSA) is 29.3 Å². The number of rotatable bonds is 7. The maximum atomic E-state index is 12.4. The van der Waals surface area contributed by atoms with Gasteiger partial charge in [0.25, 0.3) is 6.43 Å². The molecule has 19 heavy (non-hydrogen) atoms. The molecule has 4 heteroatoms. The number of nitrogens with zero attached hydrogens (tertiary/aromatic N) is 1. The first kappa shape index (κ1) is 16.1. The minimum Gasteiger partial charge on any atom is -0.327 e. The van der Waals surface area contributed by atoms with Crippen LogP contribution in [0.15, 0.2) is 24.3 Å². The number of benzene rings is 1.